The molecule has 2 saturated heterocycles. The van der Waals surface area contributed by atoms with Gasteiger partial charge in [-0.05, 0) is 61.6 Å². The second-order valence-corrected chi connectivity index (χ2v) is 10.8. The van der Waals surface area contributed by atoms with Crippen molar-refractivity contribution in [1.82, 2.24) is 25.4 Å². The maximum absolute atomic E-state index is 13.8. The second-order valence-electron chi connectivity index (χ2n) is 10.8. The highest BCUT2D eigenvalue weighted by atomic mass is 16.2. The van der Waals surface area contributed by atoms with Crippen molar-refractivity contribution in [2.45, 2.75) is 77.0 Å². The number of hydrogen-bond donors (Lipinski definition) is 2. The Kier molecular flexibility index (Phi) is 6.51. The maximum atomic E-state index is 13.8. The van der Waals surface area contributed by atoms with E-state index >= 15 is 0 Å². The molecule has 1 aromatic heterocycles. The van der Waals surface area contributed by atoms with Crippen molar-refractivity contribution >= 4 is 23.8 Å². The van der Waals surface area contributed by atoms with Crippen LogP contribution in [-0.2, 0) is 20.9 Å². The van der Waals surface area contributed by atoms with Crippen LogP contribution >= 0.6 is 0 Å². The van der Waals surface area contributed by atoms with Crippen LogP contribution in [0.2, 0.25) is 0 Å². The number of carbonyl (C=O) groups is 4. The molecule has 35 heavy (non-hydrogen) atoms. The maximum Gasteiger partial charge on any atom is 0.315 e. The van der Waals surface area contributed by atoms with E-state index in [-0.39, 0.29) is 53.5 Å². The predicted octanol–water partition coefficient (Wildman–Crippen LogP) is 2.07. The number of pyridine rings is 1. The number of carbonyl (C=O) groups excluding carboxylic acids is 4. The molecule has 188 valence electrons. The smallest absolute Gasteiger partial charge is 0.315 e. The average molecular weight is 482 g/mol. The van der Waals surface area contributed by atoms with Crippen molar-refractivity contribution in [2.24, 2.45) is 23.7 Å². The van der Waals surface area contributed by atoms with Crippen molar-refractivity contribution in [2.75, 3.05) is 6.54 Å². The molecule has 3 heterocycles. The first-order chi connectivity index (χ1) is 16.9. The summed E-state index contributed by atoms with van der Waals surface area (Å²) in [5.74, 6) is -0.524. The van der Waals surface area contributed by atoms with Crippen LogP contribution in [0.15, 0.2) is 24.5 Å². The summed E-state index contributed by atoms with van der Waals surface area (Å²) in [6.45, 7) is 4.65. The number of nitrogens with one attached hydrogen (secondary N) is 2. The van der Waals surface area contributed by atoms with E-state index in [0.717, 1.165) is 37.7 Å². The minimum atomic E-state index is -0.712. The third-order valence-electron chi connectivity index (χ3n) is 8.17. The van der Waals surface area contributed by atoms with Gasteiger partial charge >= 0.3 is 6.03 Å². The molecule has 2 saturated carbocycles. The first-order valence-electron chi connectivity index (χ1n) is 13.0. The average Bonchev–Trinajstić information content (AvgIpc) is 3.52. The Morgan fingerprint density at radius 2 is 1.80 bits per heavy atom. The van der Waals surface area contributed by atoms with Gasteiger partial charge in [0.1, 0.15) is 6.04 Å². The molecule has 2 aliphatic heterocycles. The van der Waals surface area contributed by atoms with Crippen LogP contribution in [0.3, 0.4) is 0 Å². The molecule has 9 heteroatoms. The van der Waals surface area contributed by atoms with E-state index < -0.39 is 12.1 Å². The van der Waals surface area contributed by atoms with Crippen LogP contribution in [0.5, 0.6) is 0 Å². The first-order valence-corrected chi connectivity index (χ1v) is 13.0. The van der Waals surface area contributed by atoms with Crippen molar-refractivity contribution < 1.29 is 19.2 Å². The van der Waals surface area contributed by atoms with Gasteiger partial charge in [0.25, 0.3) is 0 Å². The molecule has 2 N–H and O–H groups in total. The van der Waals surface area contributed by atoms with E-state index in [0.29, 0.717) is 19.5 Å². The van der Waals surface area contributed by atoms with Crippen molar-refractivity contribution in [3.63, 3.8) is 0 Å². The molecular formula is C26H35N5O4. The lowest BCUT2D eigenvalue weighted by Gasteiger charge is -2.38. The molecule has 0 bridgehead atoms. The minimum absolute atomic E-state index is 0.0290. The van der Waals surface area contributed by atoms with Crippen molar-refractivity contribution in [3.8, 4) is 0 Å². The fourth-order valence-electron chi connectivity index (χ4n) is 5.89. The van der Waals surface area contributed by atoms with E-state index in [4.69, 9.17) is 0 Å². The van der Waals surface area contributed by atoms with Crippen LogP contribution in [0.25, 0.3) is 0 Å². The van der Waals surface area contributed by atoms with E-state index in [2.05, 4.69) is 15.6 Å². The van der Waals surface area contributed by atoms with E-state index in [1.54, 1.807) is 17.3 Å². The van der Waals surface area contributed by atoms with Crippen LogP contribution < -0.4 is 10.6 Å². The Balaban J connectivity index is 1.31. The van der Waals surface area contributed by atoms with Crippen LogP contribution in [0.4, 0.5) is 4.79 Å². The number of urea groups is 1. The number of aromatic nitrogens is 1. The lowest BCUT2D eigenvalue weighted by Crippen LogP contribution is -2.56. The first kappa shape index (κ1) is 23.8. The zero-order chi connectivity index (χ0) is 24.7. The van der Waals surface area contributed by atoms with Gasteiger partial charge in [0.2, 0.25) is 17.7 Å². The topological polar surface area (TPSA) is 112 Å². The normalized spacial score (nSPS) is 26.9. The highest BCUT2D eigenvalue weighted by Gasteiger charge is 2.60. The quantitative estimate of drug-likeness (QED) is 0.579. The standard InChI is InChI=1S/C26H35N5O4/c1-15(2)21(29-26(35)28-14-16-8-11-27-12-9-16)25(34)30-13-10-19-22(30)20(17-4-3-5-17)24(33)31(19)23(32)18-6-7-18/h8-9,11-12,15,17-22H,3-7,10,13-14H2,1-2H3,(H2,28,29,35)/t19-,20?,21-,22-/m0/s1. The summed E-state index contributed by atoms with van der Waals surface area (Å²) in [6.07, 6.45) is 8.67. The SMILES string of the molecule is CC(C)[C@H](NC(=O)NCc1ccncc1)C(=O)N1CC[C@H]2[C@H]1C(C1CCC1)C(=O)N2C(=O)C1CC1. The van der Waals surface area contributed by atoms with Gasteiger partial charge in [0.05, 0.1) is 18.0 Å². The molecule has 0 radical (unpaired) electrons. The van der Waals surface area contributed by atoms with Gasteiger partial charge in [-0.2, -0.15) is 0 Å². The van der Waals surface area contributed by atoms with E-state index in [1.807, 2.05) is 26.0 Å². The Morgan fingerprint density at radius 3 is 2.40 bits per heavy atom. The fourth-order valence-corrected chi connectivity index (χ4v) is 5.89. The molecule has 4 fully saturated rings. The van der Waals surface area contributed by atoms with Crippen molar-refractivity contribution in [1.29, 1.82) is 0 Å². The van der Waals surface area contributed by atoms with E-state index in [1.165, 1.54) is 4.90 Å². The lowest BCUT2D eigenvalue weighted by atomic mass is 9.73. The zero-order valence-corrected chi connectivity index (χ0v) is 20.5. The molecule has 5 amide bonds. The van der Waals surface area contributed by atoms with Crippen molar-refractivity contribution in [3.05, 3.63) is 30.1 Å². The van der Waals surface area contributed by atoms with Crippen LogP contribution in [0, 0.1) is 23.7 Å². The summed E-state index contributed by atoms with van der Waals surface area (Å²) < 4.78 is 0. The third-order valence-corrected chi connectivity index (χ3v) is 8.17. The number of fused-ring (bicyclic) bond motifs is 1. The highest BCUT2D eigenvalue weighted by molar-refractivity contribution is 6.02. The monoisotopic (exact) mass is 481 g/mol. The largest absolute Gasteiger partial charge is 0.335 e. The summed E-state index contributed by atoms with van der Waals surface area (Å²) >= 11 is 0. The van der Waals surface area contributed by atoms with Gasteiger partial charge in [-0.3, -0.25) is 24.3 Å². The fraction of sp³-hybridized carbons (Fsp3) is 0.654. The summed E-state index contributed by atoms with van der Waals surface area (Å²) in [7, 11) is 0. The van der Waals surface area contributed by atoms with Crippen LogP contribution in [-0.4, -0.2) is 63.2 Å². The Labute approximate surface area is 206 Å². The predicted molar refractivity (Wildman–Crippen MR) is 128 cm³/mol. The molecular weight excluding hydrogens is 446 g/mol. The Morgan fingerprint density at radius 1 is 1.09 bits per heavy atom. The van der Waals surface area contributed by atoms with Gasteiger partial charge in [-0.25, -0.2) is 4.79 Å². The molecule has 0 spiro atoms. The minimum Gasteiger partial charge on any atom is -0.335 e. The van der Waals surface area contributed by atoms with E-state index in [9.17, 15) is 19.2 Å². The molecule has 5 rings (SSSR count). The van der Waals surface area contributed by atoms with Crippen LogP contribution in [0.1, 0.15) is 57.9 Å². The summed E-state index contributed by atoms with van der Waals surface area (Å²) in [6, 6.07) is 2.00. The highest BCUT2D eigenvalue weighted by Crippen LogP contribution is 2.48. The molecule has 4 atom stereocenters. The number of hydrogen-bond acceptors (Lipinski definition) is 5. The molecule has 1 unspecified atom stereocenters. The molecule has 0 aromatic carbocycles. The second kappa shape index (κ2) is 9.59. The Hall–Kier alpha value is -2.97. The number of nitrogens with zero attached hydrogens (tertiary/aromatic N) is 3. The molecule has 1 aromatic rings. The summed E-state index contributed by atoms with van der Waals surface area (Å²) in [5.41, 5.74) is 0.915. The van der Waals surface area contributed by atoms with Gasteiger partial charge in [-0.1, -0.05) is 20.3 Å². The summed E-state index contributed by atoms with van der Waals surface area (Å²) in [4.78, 5) is 60.3. The molecule has 4 aliphatic rings. The van der Waals surface area contributed by atoms with Gasteiger partial charge in [-0.15, -0.1) is 0 Å². The number of likely N-dealkylation sites (tertiary alicyclic amines) is 2. The molecule has 9 nitrogen and oxygen atoms in total. The summed E-state index contributed by atoms with van der Waals surface area (Å²) in [5, 5.41) is 5.68. The van der Waals surface area contributed by atoms with Gasteiger partial charge < -0.3 is 15.5 Å². The van der Waals surface area contributed by atoms with Gasteiger partial charge in [0.15, 0.2) is 0 Å². The lowest BCUT2D eigenvalue weighted by molar-refractivity contribution is -0.147. The number of imide groups is 1. The third kappa shape index (κ3) is 4.52. The van der Waals surface area contributed by atoms with Gasteiger partial charge in [0, 0.05) is 31.4 Å². The Bertz CT molecular complexity index is 991. The zero-order valence-electron chi connectivity index (χ0n) is 20.5. The number of amides is 5. The number of rotatable bonds is 7. The molecule has 2 aliphatic carbocycles.